The monoisotopic (exact) mass is 372 g/mol. The summed E-state index contributed by atoms with van der Waals surface area (Å²) in [7, 11) is 0. The highest BCUT2D eigenvalue weighted by molar-refractivity contribution is 5.78. The van der Waals surface area contributed by atoms with Gasteiger partial charge in [-0.15, -0.1) is 13.2 Å². The van der Waals surface area contributed by atoms with Gasteiger partial charge in [-0.3, -0.25) is 9.59 Å². The number of carbonyl (C=O) groups is 2. The minimum atomic E-state index is -4.75. The number of likely N-dealkylation sites (tertiary alicyclic amines) is 2. The van der Waals surface area contributed by atoms with Crippen molar-refractivity contribution in [1.29, 1.82) is 0 Å². The zero-order chi connectivity index (χ0) is 18.7. The molecule has 2 amide bonds. The molecule has 3 rings (SSSR count). The van der Waals surface area contributed by atoms with Gasteiger partial charge in [0.1, 0.15) is 11.5 Å². The quantitative estimate of drug-likeness (QED) is 0.741. The van der Waals surface area contributed by atoms with E-state index in [1.807, 2.05) is 0 Å². The molecule has 0 bridgehead atoms. The van der Waals surface area contributed by atoms with Gasteiger partial charge >= 0.3 is 6.36 Å². The zero-order valence-electron chi connectivity index (χ0n) is 13.9. The predicted molar refractivity (Wildman–Crippen MR) is 84.4 cm³/mol. The van der Waals surface area contributed by atoms with E-state index < -0.39 is 6.36 Å². The minimum absolute atomic E-state index is 0.177. The molecule has 2 saturated heterocycles. The van der Waals surface area contributed by atoms with Gasteiger partial charge in [-0.05, 0) is 42.5 Å². The van der Waals surface area contributed by atoms with E-state index in [1.54, 1.807) is 9.80 Å². The first kappa shape index (κ1) is 18.3. The van der Waals surface area contributed by atoms with Gasteiger partial charge in [0.25, 0.3) is 5.91 Å². The third kappa shape index (κ3) is 4.59. The van der Waals surface area contributed by atoms with Crippen LogP contribution in [0.3, 0.4) is 0 Å². The highest BCUT2D eigenvalue weighted by Crippen LogP contribution is 2.30. The number of amides is 2. The van der Waals surface area contributed by atoms with Crippen molar-refractivity contribution >= 4 is 12.3 Å². The highest BCUT2D eigenvalue weighted by Gasteiger charge is 2.37. The molecule has 0 saturated carbocycles. The number of fused-ring (bicyclic) bond motifs is 1. The van der Waals surface area contributed by atoms with Crippen LogP contribution in [0.2, 0.25) is 0 Å². The van der Waals surface area contributed by atoms with Gasteiger partial charge in [-0.25, -0.2) is 0 Å². The Balaban J connectivity index is 1.47. The smallest absolute Gasteiger partial charge is 0.484 e. The van der Waals surface area contributed by atoms with E-state index in [1.165, 1.54) is 12.1 Å². The Labute approximate surface area is 148 Å². The number of alkyl halides is 3. The molecule has 0 spiro atoms. The van der Waals surface area contributed by atoms with Gasteiger partial charge in [0, 0.05) is 26.2 Å². The second-order valence-electron chi connectivity index (χ2n) is 6.52. The number of rotatable bonds is 5. The first-order chi connectivity index (χ1) is 12.3. The summed E-state index contributed by atoms with van der Waals surface area (Å²) < 4.78 is 45.5. The van der Waals surface area contributed by atoms with Crippen LogP contribution in [0.25, 0.3) is 0 Å². The Morgan fingerprint density at radius 3 is 2.42 bits per heavy atom. The number of halogens is 3. The molecule has 2 unspecified atom stereocenters. The Bertz CT molecular complexity index is 650. The van der Waals surface area contributed by atoms with E-state index in [-0.39, 0.29) is 29.9 Å². The summed E-state index contributed by atoms with van der Waals surface area (Å²) in [6.07, 6.45) is -3.05. The van der Waals surface area contributed by atoms with Crippen molar-refractivity contribution in [3.8, 4) is 11.5 Å². The molecule has 2 fully saturated rings. The molecule has 142 valence electrons. The number of piperidine rings is 1. The summed E-state index contributed by atoms with van der Waals surface area (Å²) in [6, 6.07) is 4.90. The second-order valence-corrected chi connectivity index (χ2v) is 6.52. The molecule has 2 aliphatic rings. The lowest BCUT2D eigenvalue weighted by Gasteiger charge is -2.34. The first-order valence-corrected chi connectivity index (χ1v) is 8.30. The van der Waals surface area contributed by atoms with Gasteiger partial charge in [0.05, 0.1) is 0 Å². The lowest BCUT2D eigenvalue weighted by Crippen LogP contribution is -2.45. The maximum absolute atomic E-state index is 12.3. The fraction of sp³-hybridized carbons (Fsp3) is 0.529. The van der Waals surface area contributed by atoms with E-state index >= 15 is 0 Å². The third-order valence-corrected chi connectivity index (χ3v) is 4.75. The van der Waals surface area contributed by atoms with Gasteiger partial charge in [0.15, 0.2) is 6.61 Å². The van der Waals surface area contributed by atoms with Gasteiger partial charge in [0.2, 0.25) is 6.41 Å². The number of hydrogen-bond acceptors (Lipinski definition) is 4. The fourth-order valence-corrected chi connectivity index (χ4v) is 3.49. The molecule has 6 nitrogen and oxygen atoms in total. The van der Waals surface area contributed by atoms with E-state index in [0.717, 1.165) is 31.5 Å². The van der Waals surface area contributed by atoms with Crippen LogP contribution in [0.5, 0.6) is 11.5 Å². The molecule has 0 N–H and O–H groups in total. The molecule has 2 atom stereocenters. The number of hydrogen-bond donors (Lipinski definition) is 0. The van der Waals surface area contributed by atoms with E-state index in [2.05, 4.69) is 4.74 Å². The summed E-state index contributed by atoms with van der Waals surface area (Å²) in [5.41, 5.74) is 0. The van der Waals surface area contributed by atoms with Crippen LogP contribution < -0.4 is 9.47 Å². The van der Waals surface area contributed by atoms with Crippen molar-refractivity contribution in [2.24, 2.45) is 11.8 Å². The number of ether oxygens (including phenoxy) is 2. The van der Waals surface area contributed by atoms with Crippen molar-refractivity contribution < 1.29 is 32.2 Å². The van der Waals surface area contributed by atoms with Crippen molar-refractivity contribution in [1.82, 2.24) is 9.80 Å². The minimum Gasteiger partial charge on any atom is -0.484 e. The second kappa shape index (κ2) is 7.43. The molecular weight excluding hydrogens is 353 g/mol. The van der Waals surface area contributed by atoms with Crippen LogP contribution >= 0.6 is 0 Å². The molecule has 0 aliphatic carbocycles. The molecule has 2 heterocycles. The van der Waals surface area contributed by atoms with E-state index in [9.17, 15) is 22.8 Å². The number of nitrogens with zero attached hydrogens (tertiary/aromatic N) is 2. The van der Waals surface area contributed by atoms with Gasteiger partial charge < -0.3 is 19.3 Å². The van der Waals surface area contributed by atoms with Crippen molar-refractivity contribution in [2.45, 2.75) is 12.8 Å². The first-order valence-electron chi connectivity index (χ1n) is 8.30. The molecular formula is C17H19F3N2O4. The third-order valence-electron chi connectivity index (χ3n) is 4.75. The molecule has 2 aliphatic heterocycles. The van der Waals surface area contributed by atoms with Crippen molar-refractivity contribution in [3.63, 3.8) is 0 Å². The van der Waals surface area contributed by atoms with Crippen LogP contribution in [0.1, 0.15) is 6.42 Å². The molecule has 9 heteroatoms. The molecule has 0 aromatic heterocycles. The maximum Gasteiger partial charge on any atom is 0.573 e. The Kier molecular flexibility index (Phi) is 5.24. The fourth-order valence-electron chi connectivity index (χ4n) is 3.49. The topological polar surface area (TPSA) is 59.1 Å². The SMILES string of the molecule is O=CN1CC2CCN(C(=O)COc3ccc(OC(F)(F)F)cc3)CC2C1. The maximum atomic E-state index is 12.3. The predicted octanol–water partition coefficient (Wildman–Crippen LogP) is 1.90. The molecule has 1 aromatic carbocycles. The summed E-state index contributed by atoms with van der Waals surface area (Å²) in [5.74, 6) is 0.488. The zero-order valence-corrected chi connectivity index (χ0v) is 13.9. The highest BCUT2D eigenvalue weighted by atomic mass is 19.4. The average molecular weight is 372 g/mol. The number of carbonyl (C=O) groups excluding carboxylic acids is 2. The normalized spacial score (nSPS) is 22.7. The average Bonchev–Trinajstić information content (AvgIpc) is 3.02. The van der Waals surface area contributed by atoms with Crippen LogP contribution in [-0.4, -0.2) is 61.3 Å². The van der Waals surface area contributed by atoms with Crippen LogP contribution in [-0.2, 0) is 9.59 Å². The van der Waals surface area contributed by atoms with E-state index in [0.29, 0.717) is 25.6 Å². The Morgan fingerprint density at radius 2 is 1.77 bits per heavy atom. The summed E-state index contributed by atoms with van der Waals surface area (Å²) in [6.45, 7) is 2.44. The lowest BCUT2D eigenvalue weighted by molar-refractivity contribution is -0.274. The molecule has 1 aromatic rings. The van der Waals surface area contributed by atoms with E-state index in [4.69, 9.17) is 4.74 Å². The van der Waals surface area contributed by atoms with Gasteiger partial charge in [-0.2, -0.15) is 0 Å². The van der Waals surface area contributed by atoms with Crippen LogP contribution in [0.4, 0.5) is 13.2 Å². The lowest BCUT2D eigenvalue weighted by atomic mass is 9.89. The van der Waals surface area contributed by atoms with Gasteiger partial charge in [-0.1, -0.05) is 0 Å². The summed E-state index contributed by atoms with van der Waals surface area (Å²) in [5, 5.41) is 0. The standard InChI is InChI=1S/C17H19F3N2O4/c18-17(19,20)26-15-3-1-14(2-4-15)25-10-16(24)22-6-5-12-7-21(11-23)8-13(12)9-22/h1-4,11-13H,5-10H2. The Morgan fingerprint density at radius 1 is 1.12 bits per heavy atom. The molecule has 0 radical (unpaired) electrons. The van der Waals surface area contributed by atoms with Crippen molar-refractivity contribution in [3.05, 3.63) is 24.3 Å². The number of benzene rings is 1. The summed E-state index contributed by atoms with van der Waals surface area (Å²) in [4.78, 5) is 26.6. The van der Waals surface area contributed by atoms with Crippen LogP contribution in [0, 0.1) is 11.8 Å². The largest absolute Gasteiger partial charge is 0.573 e. The summed E-state index contributed by atoms with van der Waals surface area (Å²) >= 11 is 0. The van der Waals surface area contributed by atoms with Crippen molar-refractivity contribution in [2.75, 3.05) is 32.8 Å². The van der Waals surface area contributed by atoms with Crippen LogP contribution in [0.15, 0.2) is 24.3 Å². The Hall–Kier alpha value is -2.45. The molecule has 26 heavy (non-hydrogen) atoms.